The molecule has 5 rings (SSSR count). The zero-order valence-electron chi connectivity index (χ0n) is 17.2. The quantitative estimate of drug-likeness (QED) is 0.489. The minimum atomic E-state index is -0.623. The average molecular weight is 406 g/mol. The van der Waals surface area contributed by atoms with Crippen LogP contribution in [-0.2, 0) is 18.9 Å². The smallest absolute Gasteiger partial charge is 0.234 e. The lowest BCUT2D eigenvalue weighted by Crippen LogP contribution is -2.22. The minimum Gasteiger partial charge on any atom is -0.497 e. The maximum atomic E-state index is 9.61. The number of methoxy groups -OCH3 is 1. The molecule has 0 unspecified atom stereocenters. The van der Waals surface area contributed by atoms with Crippen LogP contribution in [0.5, 0.6) is 5.75 Å². The number of fused-ring (bicyclic) bond motifs is 5. The number of aromatic nitrogens is 6. The van der Waals surface area contributed by atoms with Gasteiger partial charge in [-0.3, -0.25) is 4.68 Å². The molecule has 0 saturated carbocycles. The van der Waals surface area contributed by atoms with Gasteiger partial charge in [-0.1, -0.05) is 5.16 Å². The molecule has 1 aromatic carbocycles. The van der Waals surface area contributed by atoms with Gasteiger partial charge < -0.3 is 18.9 Å². The van der Waals surface area contributed by atoms with Crippen LogP contribution in [0, 0.1) is 0 Å². The highest BCUT2D eigenvalue weighted by Crippen LogP contribution is 2.38. The van der Waals surface area contributed by atoms with Crippen molar-refractivity contribution in [2.75, 3.05) is 13.7 Å². The van der Waals surface area contributed by atoms with E-state index in [4.69, 9.17) is 14.4 Å². The molecule has 9 heteroatoms. The van der Waals surface area contributed by atoms with Gasteiger partial charge in [0.1, 0.15) is 17.8 Å². The summed E-state index contributed by atoms with van der Waals surface area (Å²) in [6.07, 6.45) is 4.40. The number of imidazole rings is 1. The van der Waals surface area contributed by atoms with Crippen molar-refractivity contribution in [1.29, 1.82) is 0 Å². The van der Waals surface area contributed by atoms with E-state index >= 15 is 0 Å². The standard InChI is InChI=1S/C21H22N6O3/c1-21(2,10-28)20-23-19(25-30-20)18-16-7-12-9-26(3)24-17(12)14-8-13(29-4)5-6-15(14)27(16)11-22-18/h5-6,8-9,11,28H,7,10H2,1-4H3. The molecule has 4 aromatic rings. The van der Waals surface area contributed by atoms with Crippen LogP contribution in [0.25, 0.3) is 28.5 Å². The lowest BCUT2D eigenvalue weighted by Gasteiger charge is -2.14. The molecule has 0 amide bonds. The van der Waals surface area contributed by atoms with E-state index < -0.39 is 5.41 Å². The van der Waals surface area contributed by atoms with Gasteiger partial charge in [-0.2, -0.15) is 10.1 Å². The Morgan fingerprint density at radius 2 is 2.10 bits per heavy atom. The molecule has 1 aliphatic rings. The van der Waals surface area contributed by atoms with Crippen molar-refractivity contribution < 1.29 is 14.4 Å². The van der Waals surface area contributed by atoms with E-state index in [2.05, 4.69) is 15.1 Å². The molecular formula is C21H22N6O3. The third-order valence-electron chi connectivity index (χ3n) is 5.46. The molecule has 4 heterocycles. The Bertz CT molecular complexity index is 1250. The van der Waals surface area contributed by atoms with Gasteiger partial charge in [0, 0.05) is 30.8 Å². The van der Waals surface area contributed by atoms with Gasteiger partial charge in [-0.25, -0.2) is 4.98 Å². The number of nitrogens with zero attached hydrogens (tertiary/aromatic N) is 6. The zero-order valence-corrected chi connectivity index (χ0v) is 17.2. The van der Waals surface area contributed by atoms with Crippen molar-refractivity contribution >= 4 is 0 Å². The number of hydrogen-bond donors (Lipinski definition) is 1. The van der Waals surface area contributed by atoms with Crippen molar-refractivity contribution in [1.82, 2.24) is 29.5 Å². The largest absolute Gasteiger partial charge is 0.497 e. The molecular weight excluding hydrogens is 384 g/mol. The molecule has 0 saturated heterocycles. The third kappa shape index (κ3) is 2.73. The number of ether oxygens (including phenoxy) is 1. The maximum Gasteiger partial charge on any atom is 0.234 e. The molecule has 0 bridgehead atoms. The van der Waals surface area contributed by atoms with Crippen LogP contribution in [0.15, 0.2) is 35.2 Å². The molecule has 0 fully saturated rings. The normalized spacial score (nSPS) is 12.8. The summed E-state index contributed by atoms with van der Waals surface area (Å²) in [6.45, 7) is 3.61. The number of aliphatic hydroxyl groups is 1. The second-order valence-electron chi connectivity index (χ2n) is 8.11. The van der Waals surface area contributed by atoms with Crippen LogP contribution in [0.2, 0.25) is 0 Å². The number of aryl methyl sites for hydroxylation is 1. The van der Waals surface area contributed by atoms with Crippen molar-refractivity contribution in [3.63, 3.8) is 0 Å². The number of benzene rings is 1. The van der Waals surface area contributed by atoms with Crippen LogP contribution in [0.3, 0.4) is 0 Å². The molecule has 0 spiro atoms. The molecule has 0 aliphatic carbocycles. The van der Waals surface area contributed by atoms with E-state index in [1.54, 1.807) is 13.4 Å². The Balaban J connectivity index is 1.70. The molecule has 0 atom stereocenters. The predicted molar refractivity (Wildman–Crippen MR) is 109 cm³/mol. The summed E-state index contributed by atoms with van der Waals surface area (Å²) in [5.41, 5.74) is 4.90. The van der Waals surface area contributed by atoms with Gasteiger partial charge in [0.25, 0.3) is 0 Å². The van der Waals surface area contributed by atoms with E-state index in [0.29, 0.717) is 23.8 Å². The van der Waals surface area contributed by atoms with Crippen molar-refractivity contribution in [3.8, 4) is 34.2 Å². The first-order valence-electron chi connectivity index (χ1n) is 9.64. The fraction of sp³-hybridized carbons (Fsp3) is 0.333. The second-order valence-corrected chi connectivity index (χ2v) is 8.11. The molecule has 9 nitrogen and oxygen atoms in total. The van der Waals surface area contributed by atoms with E-state index in [-0.39, 0.29) is 6.61 Å². The van der Waals surface area contributed by atoms with Crippen LogP contribution in [0.1, 0.15) is 31.0 Å². The number of hydrogen-bond acceptors (Lipinski definition) is 7. The van der Waals surface area contributed by atoms with Gasteiger partial charge >= 0.3 is 0 Å². The van der Waals surface area contributed by atoms with Gasteiger partial charge in [0.2, 0.25) is 11.7 Å². The van der Waals surface area contributed by atoms with Gasteiger partial charge in [0.05, 0.1) is 36.2 Å². The Morgan fingerprint density at radius 1 is 1.27 bits per heavy atom. The van der Waals surface area contributed by atoms with Gasteiger partial charge in [0.15, 0.2) is 0 Å². The lowest BCUT2D eigenvalue weighted by molar-refractivity contribution is 0.182. The number of aliphatic hydroxyl groups excluding tert-OH is 1. The summed E-state index contributed by atoms with van der Waals surface area (Å²) in [4.78, 5) is 9.13. The second kappa shape index (κ2) is 6.53. The Morgan fingerprint density at radius 3 is 2.87 bits per heavy atom. The van der Waals surface area contributed by atoms with E-state index in [1.807, 2.05) is 54.5 Å². The topological polar surface area (TPSA) is 104 Å². The lowest BCUT2D eigenvalue weighted by atomic mass is 9.95. The average Bonchev–Trinajstić information content (AvgIpc) is 3.45. The highest BCUT2D eigenvalue weighted by atomic mass is 16.5. The molecule has 3 aromatic heterocycles. The van der Waals surface area contributed by atoms with Gasteiger partial charge in [-0.15, -0.1) is 0 Å². The third-order valence-corrected chi connectivity index (χ3v) is 5.46. The summed E-state index contributed by atoms with van der Waals surface area (Å²) in [7, 11) is 3.56. The fourth-order valence-electron chi connectivity index (χ4n) is 3.72. The van der Waals surface area contributed by atoms with Crippen LogP contribution >= 0.6 is 0 Å². The SMILES string of the molecule is COc1ccc2c(c1)-c1nn(C)cc1Cc1c(-c3noc(C(C)(C)CO)n3)ncn1-2. The highest BCUT2D eigenvalue weighted by Gasteiger charge is 2.30. The molecule has 30 heavy (non-hydrogen) atoms. The predicted octanol–water partition coefficient (Wildman–Crippen LogP) is 2.51. The van der Waals surface area contributed by atoms with Crippen molar-refractivity contribution in [2.45, 2.75) is 25.7 Å². The van der Waals surface area contributed by atoms with Crippen molar-refractivity contribution in [2.24, 2.45) is 7.05 Å². The van der Waals surface area contributed by atoms with E-state index in [9.17, 15) is 5.11 Å². The number of rotatable bonds is 4. The Labute approximate surface area is 172 Å². The minimum absolute atomic E-state index is 0.0931. The molecule has 154 valence electrons. The van der Waals surface area contributed by atoms with Crippen LogP contribution in [-0.4, -0.2) is 48.3 Å². The van der Waals surface area contributed by atoms with Crippen LogP contribution < -0.4 is 4.74 Å². The Hall–Kier alpha value is -3.46. The fourth-order valence-corrected chi connectivity index (χ4v) is 3.72. The summed E-state index contributed by atoms with van der Waals surface area (Å²) in [5, 5.41) is 18.4. The van der Waals surface area contributed by atoms with Gasteiger partial charge in [-0.05, 0) is 32.0 Å². The molecule has 1 N–H and O–H groups in total. The summed E-state index contributed by atoms with van der Waals surface area (Å²) in [5.74, 6) is 1.55. The monoisotopic (exact) mass is 406 g/mol. The molecule has 1 aliphatic heterocycles. The van der Waals surface area contributed by atoms with E-state index in [1.165, 1.54) is 0 Å². The van der Waals surface area contributed by atoms with Crippen molar-refractivity contribution in [3.05, 3.63) is 47.9 Å². The summed E-state index contributed by atoms with van der Waals surface area (Å²) >= 11 is 0. The van der Waals surface area contributed by atoms with Crippen LogP contribution in [0.4, 0.5) is 0 Å². The first kappa shape index (κ1) is 18.6. The van der Waals surface area contributed by atoms with E-state index in [0.717, 1.165) is 34.0 Å². The molecule has 0 radical (unpaired) electrons. The summed E-state index contributed by atoms with van der Waals surface area (Å²) in [6, 6.07) is 5.92. The maximum absolute atomic E-state index is 9.61. The summed E-state index contributed by atoms with van der Waals surface area (Å²) < 4.78 is 14.7. The Kier molecular flexibility index (Phi) is 4.04. The zero-order chi connectivity index (χ0) is 21.0. The first-order valence-corrected chi connectivity index (χ1v) is 9.64. The first-order chi connectivity index (χ1) is 14.4. The highest BCUT2D eigenvalue weighted by molar-refractivity contribution is 5.77.